The molecular weight excluding hydrogens is 382 g/mol. The Labute approximate surface area is 165 Å². The number of aromatic nitrogens is 1. The van der Waals surface area contributed by atoms with E-state index >= 15 is 0 Å². The number of carbonyl (C=O) groups is 2. The van der Waals surface area contributed by atoms with Gasteiger partial charge in [-0.15, -0.1) is 0 Å². The highest BCUT2D eigenvalue weighted by Crippen LogP contribution is 2.33. The molecule has 1 fully saturated rings. The first kappa shape index (κ1) is 20.5. The number of esters is 1. The van der Waals surface area contributed by atoms with Crippen molar-refractivity contribution in [2.75, 3.05) is 32.9 Å². The second-order valence-electron chi connectivity index (χ2n) is 6.52. The van der Waals surface area contributed by atoms with Crippen LogP contribution in [-0.4, -0.2) is 59.2 Å². The molecule has 1 atom stereocenters. The fourth-order valence-corrected chi connectivity index (χ4v) is 3.51. The van der Waals surface area contributed by atoms with Crippen LogP contribution in [0.2, 0.25) is 0 Å². The van der Waals surface area contributed by atoms with Crippen molar-refractivity contribution in [2.45, 2.75) is 12.8 Å². The molecule has 1 aromatic heterocycles. The number of morpholine rings is 1. The smallest absolute Gasteiger partial charge is 0.339 e. The van der Waals surface area contributed by atoms with Crippen LogP contribution >= 0.6 is 0 Å². The predicted octanol–water partition coefficient (Wildman–Crippen LogP) is 0.952. The second kappa shape index (κ2) is 8.39. The molecule has 0 saturated carbocycles. The number of nitrogens with zero attached hydrogens (tertiary/aromatic N) is 3. The number of benzene rings is 1. The average molecular weight is 403 g/mol. The molecule has 1 aliphatic rings. The molecule has 1 unspecified atom stereocenters. The topological polar surface area (TPSA) is 121 Å². The predicted molar refractivity (Wildman–Crippen MR) is 103 cm³/mol. The molecule has 10 nitrogen and oxygen atoms in total. The molecule has 10 heteroatoms. The largest absolute Gasteiger partial charge is 0.465 e. The molecule has 0 spiro atoms. The Kier molecular flexibility index (Phi) is 5.92. The summed E-state index contributed by atoms with van der Waals surface area (Å²) in [4.78, 5) is 51.2. The standard InChI is InChI=1S/C19H21N3O7/c1-3-29-19(25)15(17(23)21-8-10-28-11-9-21)14-12-6-4-5-7-13(12)20(2)18(24)16(14)22(26)27/h4-7,15H,3,8-11H2,1-2H3. The maximum atomic E-state index is 13.3. The minimum absolute atomic E-state index is 0.0116. The Hall–Kier alpha value is -3.27. The van der Waals surface area contributed by atoms with Gasteiger partial charge in [0.2, 0.25) is 5.91 Å². The minimum atomic E-state index is -1.62. The Morgan fingerprint density at radius 1 is 1.28 bits per heavy atom. The number of para-hydroxylation sites is 1. The van der Waals surface area contributed by atoms with Crippen molar-refractivity contribution in [1.82, 2.24) is 9.47 Å². The summed E-state index contributed by atoms with van der Waals surface area (Å²) in [6.45, 7) is 2.63. The fourth-order valence-electron chi connectivity index (χ4n) is 3.51. The van der Waals surface area contributed by atoms with Gasteiger partial charge in [-0.25, -0.2) is 0 Å². The zero-order valence-corrected chi connectivity index (χ0v) is 16.1. The van der Waals surface area contributed by atoms with Crippen LogP contribution in [0.25, 0.3) is 10.9 Å². The Balaban J connectivity index is 2.32. The van der Waals surface area contributed by atoms with Gasteiger partial charge in [-0.1, -0.05) is 18.2 Å². The SMILES string of the molecule is CCOC(=O)C(C(=O)N1CCOCC1)c1c([N+](=O)[O-])c(=O)n(C)c2ccccc12. The highest BCUT2D eigenvalue weighted by molar-refractivity contribution is 6.08. The number of aryl methyl sites for hydroxylation is 1. The van der Waals surface area contributed by atoms with Crippen LogP contribution in [0.4, 0.5) is 5.69 Å². The number of ether oxygens (including phenoxy) is 2. The molecule has 0 N–H and O–H groups in total. The molecule has 1 amide bonds. The number of fused-ring (bicyclic) bond motifs is 1. The Morgan fingerprint density at radius 2 is 1.93 bits per heavy atom. The number of nitro groups is 1. The lowest BCUT2D eigenvalue weighted by Gasteiger charge is -2.30. The summed E-state index contributed by atoms with van der Waals surface area (Å²) < 4.78 is 11.5. The molecular formula is C19H21N3O7. The molecule has 154 valence electrons. The second-order valence-corrected chi connectivity index (χ2v) is 6.52. The van der Waals surface area contributed by atoms with Gasteiger partial charge >= 0.3 is 17.2 Å². The molecule has 2 aromatic rings. The number of hydrogen-bond acceptors (Lipinski definition) is 7. The molecule has 1 aliphatic heterocycles. The van der Waals surface area contributed by atoms with Gasteiger partial charge in [0.25, 0.3) is 0 Å². The van der Waals surface area contributed by atoms with Crippen molar-refractivity contribution in [3.8, 4) is 0 Å². The molecule has 1 saturated heterocycles. The zero-order valence-electron chi connectivity index (χ0n) is 16.1. The van der Waals surface area contributed by atoms with E-state index in [1.165, 1.54) is 11.9 Å². The van der Waals surface area contributed by atoms with E-state index in [1.54, 1.807) is 31.2 Å². The van der Waals surface area contributed by atoms with Gasteiger partial charge in [-0.3, -0.25) is 24.5 Å². The van der Waals surface area contributed by atoms with E-state index < -0.39 is 34.0 Å². The van der Waals surface area contributed by atoms with Gasteiger partial charge in [0.1, 0.15) is 0 Å². The number of rotatable bonds is 5. The van der Waals surface area contributed by atoms with Crippen molar-refractivity contribution in [3.05, 3.63) is 50.3 Å². The lowest BCUT2D eigenvalue weighted by atomic mass is 9.92. The van der Waals surface area contributed by atoms with Crippen LogP contribution in [-0.2, 0) is 26.1 Å². The zero-order chi connectivity index (χ0) is 21.1. The molecule has 0 aliphatic carbocycles. The van der Waals surface area contributed by atoms with E-state index in [4.69, 9.17) is 9.47 Å². The summed E-state index contributed by atoms with van der Waals surface area (Å²) in [6, 6.07) is 6.45. The highest BCUT2D eigenvalue weighted by Gasteiger charge is 2.41. The molecule has 0 bridgehead atoms. The van der Waals surface area contributed by atoms with Crippen molar-refractivity contribution in [2.24, 2.45) is 7.05 Å². The lowest BCUT2D eigenvalue weighted by Crippen LogP contribution is -2.45. The van der Waals surface area contributed by atoms with Gasteiger partial charge in [0.05, 0.1) is 35.8 Å². The van der Waals surface area contributed by atoms with Crippen LogP contribution in [0.5, 0.6) is 0 Å². The van der Waals surface area contributed by atoms with Crippen LogP contribution in [0.15, 0.2) is 29.1 Å². The third-order valence-electron chi connectivity index (χ3n) is 4.88. The first-order chi connectivity index (χ1) is 13.9. The Morgan fingerprint density at radius 3 is 2.55 bits per heavy atom. The third-order valence-corrected chi connectivity index (χ3v) is 4.88. The van der Waals surface area contributed by atoms with Gasteiger partial charge in [-0.05, 0) is 13.0 Å². The first-order valence-corrected chi connectivity index (χ1v) is 9.17. The first-order valence-electron chi connectivity index (χ1n) is 9.17. The van der Waals surface area contributed by atoms with Crippen molar-refractivity contribution in [3.63, 3.8) is 0 Å². The summed E-state index contributed by atoms with van der Waals surface area (Å²) in [7, 11) is 1.41. The molecule has 2 heterocycles. The van der Waals surface area contributed by atoms with Crippen LogP contribution in [0.1, 0.15) is 18.4 Å². The number of hydrogen-bond donors (Lipinski definition) is 0. The fraction of sp³-hybridized carbons (Fsp3) is 0.421. The van der Waals surface area contributed by atoms with Crippen molar-refractivity contribution >= 4 is 28.5 Å². The maximum Gasteiger partial charge on any atom is 0.339 e. The summed E-state index contributed by atoms with van der Waals surface area (Å²) in [5, 5.41) is 12.1. The van der Waals surface area contributed by atoms with E-state index in [-0.39, 0.29) is 30.6 Å². The number of pyridine rings is 1. The molecule has 3 rings (SSSR count). The van der Waals surface area contributed by atoms with Crippen LogP contribution < -0.4 is 5.56 Å². The maximum absolute atomic E-state index is 13.3. The summed E-state index contributed by atoms with van der Waals surface area (Å²) >= 11 is 0. The van der Waals surface area contributed by atoms with E-state index in [9.17, 15) is 24.5 Å². The van der Waals surface area contributed by atoms with E-state index in [2.05, 4.69) is 0 Å². The lowest BCUT2D eigenvalue weighted by molar-refractivity contribution is -0.387. The van der Waals surface area contributed by atoms with Crippen LogP contribution in [0.3, 0.4) is 0 Å². The van der Waals surface area contributed by atoms with E-state index in [0.717, 1.165) is 4.57 Å². The van der Waals surface area contributed by atoms with Crippen LogP contribution in [0, 0.1) is 10.1 Å². The van der Waals surface area contributed by atoms with Crippen molar-refractivity contribution in [1.29, 1.82) is 0 Å². The summed E-state index contributed by atoms with van der Waals surface area (Å²) in [5.74, 6) is -3.19. The minimum Gasteiger partial charge on any atom is -0.465 e. The highest BCUT2D eigenvalue weighted by atomic mass is 16.6. The summed E-state index contributed by atoms with van der Waals surface area (Å²) in [5.41, 5.74) is -1.55. The molecule has 29 heavy (non-hydrogen) atoms. The normalized spacial score (nSPS) is 15.2. The van der Waals surface area contributed by atoms with Crippen molar-refractivity contribution < 1.29 is 24.0 Å². The van der Waals surface area contributed by atoms with E-state index in [0.29, 0.717) is 18.7 Å². The Bertz CT molecular complexity index is 1020. The average Bonchev–Trinajstić information content (AvgIpc) is 2.72. The molecule has 1 aromatic carbocycles. The molecule has 0 radical (unpaired) electrons. The van der Waals surface area contributed by atoms with Gasteiger partial charge in [0.15, 0.2) is 5.92 Å². The quantitative estimate of drug-likeness (QED) is 0.315. The van der Waals surface area contributed by atoms with Gasteiger partial charge < -0.3 is 18.9 Å². The van der Waals surface area contributed by atoms with Gasteiger partial charge in [-0.2, -0.15) is 0 Å². The monoisotopic (exact) mass is 403 g/mol. The number of carbonyl (C=O) groups excluding carboxylic acids is 2. The summed E-state index contributed by atoms with van der Waals surface area (Å²) in [6.07, 6.45) is 0. The van der Waals surface area contributed by atoms with E-state index in [1.807, 2.05) is 0 Å². The third kappa shape index (κ3) is 3.70. The van der Waals surface area contributed by atoms with Gasteiger partial charge in [0, 0.05) is 25.5 Å². The number of amides is 1.